The number of nitro benzene ring substituents is 1. The molecule has 0 radical (unpaired) electrons. The lowest BCUT2D eigenvalue weighted by molar-refractivity contribution is -0.385. The molecule has 9 heteroatoms. The van der Waals surface area contributed by atoms with Gasteiger partial charge in [-0.3, -0.25) is 14.9 Å². The summed E-state index contributed by atoms with van der Waals surface area (Å²) >= 11 is 0. The van der Waals surface area contributed by atoms with Gasteiger partial charge in [0.25, 0.3) is 5.69 Å². The van der Waals surface area contributed by atoms with Gasteiger partial charge in [0.05, 0.1) is 15.7 Å². The Morgan fingerprint density at radius 2 is 1.96 bits per heavy atom. The fraction of sp³-hybridized carbons (Fsp3) is 0.533. The van der Waals surface area contributed by atoms with Crippen molar-refractivity contribution < 1.29 is 23.2 Å². The Hall–Kier alpha value is -2.00. The van der Waals surface area contributed by atoms with Crippen molar-refractivity contribution in [2.75, 3.05) is 0 Å². The van der Waals surface area contributed by atoms with Gasteiger partial charge in [-0.15, -0.1) is 0 Å². The highest BCUT2D eigenvalue weighted by Crippen LogP contribution is 2.45. The Bertz CT molecular complexity index is 835. The Morgan fingerprint density at radius 1 is 1.29 bits per heavy atom. The van der Waals surface area contributed by atoms with Crippen molar-refractivity contribution >= 4 is 21.7 Å². The van der Waals surface area contributed by atoms with E-state index in [-0.39, 0.29) is 16.6 Å². The Morgan fingerprint density at radius 3 is 2.50 bits per heavy atom. The number of nitrogens with zero attached hydrogens (tertiary/aromatic N) is 2. The molecule has 2 bridgehead atoms. The van der Waals surface area contributed by atoms with Crippen LogP contribution >= 0.6 is 0 Å². The number of carboxylic acids is 1. The van der Waals surface area contributed by atoms with E-state index in [2.05, 4.69) is 0 Å². The first-order valence-corrected chi connectivity index (χ1v) is 9.10. The number of hydrogen-bond acceptors (Lipinski definition) is 5. The molecule has 3 rings (SSSR count). The molecule has 1 aromatic rings. The number of hydrogen-bond donors (Lipinski definition) is 1. The first kappa shape index (κ1) is 16.8. The van der Waals surface area contributed by atoms with Crippen LogP contribution in [0.5, 0.6) is 0 Å². The third kappa shape index (κ3) is 2.39. The molecule has 1 N–H and O–H groups in total. The molecule has 0 amide bonds. The van der Waals surface area contributed by atoms with Crippen LogP contribution in [0.3, 0.4) is 0 Å². The average Bonchev–Trinajstić information content (AvgIpc) is 3.04. The number of carbonyl (C=O) groups is 1. The molecule has 0 aliphatic carbocycles. The number of carboxylic acid groups (broad SMARTS) is 1. The number of fused-ring (bicyclic) bond motifs is 2. The SMILES string of the molecule is Cc1cc(C)c(S(=O)(=O)N2C3CCC2C(C(=O)O)C3)cc1[N+](=O)[O-]. The monoisotopic (exact) mass is 354 g/mol. The van der Waals surface area contributed by atoms with Crippen molar-refractivity contribution in [3.05, 3.63) is 33.4 Å². The predicted molar refractivity (Wildman–Crippen MR) is 84.1 cm³/mol. The van der Waals surface area contributed by atoms with Crippen molar-refractivity contribution in [3.63, 3.8) is 0 Å². The van der Waals surface area contributed by atoms with Crippen molar-refractivity contribution in [1.82, 2.24) is 4.31 Å². The average molecular weight is 354 g/mol. The van der Waals surface area contributed by atoms with Gasteiger partial charge in [0.2, 0.25) is 10.0 Å². The minimum absolute atomic E-state index is 0.109. The molecule has 8 nitrogen and oxygen atoms in total. The number of rotatable bonds is 4. The summed E-state index contributed by atoms with van der Waals surface area (Å²) in [4.78, 5) is 21.8. The maximum Gasteiger partial charge on any atom is 0.308 e. The second kappa shape index (κ2) is 5.52. The standard InChI is InChI=1S/C15H18N2O6S/c1-8-5-9(2)14(7-13(8)17(20)21)24(22,23)16-10-3-4-12(16)11(6-10)15(18)19/h5,7,10-12H,3-4,6H2,1-2H3,(H,18,19). The summed E-state index contributed by atoms with van der Waals surface area (Å²) in [6, 6.07) is 1.66. The number of nitro groups is 1. The molecule has 24 heavy (non-hydrogen) atoms. The van der Waals surface area contributed by atoms with E-state index in [0.29, 0.717) is 30.4 Å². The van der Waals surface area contributed by atoms with Crippen LogP contribution in [0.2, 0.25) is 0 Å². The van der Waals surface area contributed by atoms with Gasteiger partial charge in [-0.1, -0.05) is 0 Å². The predicted octanol–water partition coefficient (Wildman–Crippen LogP) is 1.84. The van der Waals surface area contributed by atoms with Crippen LogP contribution in [0.15, 0.2) is 17.0 Å². The first-order chi connectivity index (χ1) is 11.1. The minimum atomic E-state index is -3.98. The van der Waals surface area contributed by atoms with Crippen LogP contribution in [0.4, 0.5) is 5.69 Å². The molecule has 1 aromatic carbocycles. The van der Waals surface area contributed by atoms with E-state index in [1.807, 2.05) is 0 Å². The maximum atomic E-state index is 13.1. The molecule has 2 heterocycles. The third-order valence-corrected chi connectivity index (χ3v) is 7.16. The van der Waals surface area contributed by atoms with Crippen molar-refractivity contribution in [2.45, 2.75) is 50.1 Å². The number of aryl methyl sites for hydroxylation is 2. The Kier molecular flexibility index (Phi) is 3.88. The van der Waals surface area contributed by atoms with E-state index in [9.17, 15) is 28.4 Å². The van der Waals surface area contributed by atoms with Crippen molar-refractivity contribution in [1.29, 1.82) is 0 Å². The summed E-state index contributed by atoms with van der Waals surface area (Å²) in [6.07, 6.45) is 1.43. The van der Waals surface area contributed by atoms with Gasteiger partial charge in [-0.05, 0) is 44.7 Å². The zero-order valence-corrected chi connectivity index (χ0v) is 14.1. The number of benzene rings is 1. The molecule has 3 atom stereocenters. The van der Waals surface area contributed by atoms with E-state index in [1.54, 1.807) is 13.8 Å². The quantitative estimate of drug-likeness (QED) is 0.651. The van der Waals surface area contributed by atoms with Gasteiger partial charge in [0.15, 0.2) is 0 Å². The highest BCUT2D eigenvalue weighted by molar-refractivity contribution is 7.89. The summed E-state index contributed by atoms with van der Waals surface area (Å²) in [5.41, 5.74) is 0.570. The highest BCUT2D eigenvalue weighted by Gasteiger charge is 2.54. The lowest BCUT2D eigenvalue weighted by atomic mass is 9.89. The summed E-state index contributed by atoms with van der Waals surface area (Å²) in [7, 11) is -3.98. The molecule has 2 aliphatic heterocycles. The largest absolute Gasteiger partial charge is 0.481 e. The second-order valence-electron chi connectivity index (χ2n) is 6.48. The second-order valence-corrected chi connectivity index (χ2v) is 8.29. The van der Waals surface area contributed by atoms with Crippen molar-refractivity contribution in [3.8, 4) is 0 Å². The normalized spacial score (nSPS) is 26.7. The van der Waals surface area contributed by atoms with Crippen LogP contribution in [0, 0.1) is 29.9 Å². The summed E-state index contributed by atoms with van der Waals surface area (Å²) in [5, 5.41) is 20.4. The minimum Gasteiger partial charge on any atom is -0.481 e. The van der Waals surface area contributed by atoms with Crippen LogP contribution in [0.1, 0.15) is 30.4 Å². The third-order valence-electron chi connectivity index (χ3n) is 5.04. The van der Waals surface area contributed by atoms with Crippen molar-refractivity contribution in [2.24, 2.45) is 5.92 Å². The highest BCUT2D eigenvalue weighted by atomic mass is 32.2. The summed E-state index contributed by atoms with van der Waals surface area (Å²) in [5.74, 6) is -1.70. The molecule has 0 spiro atoms. The van der Waals surface area contributed by atoms with Crippen LogP contribution < -0.4 is 0 Å². The zero-order chi connectivity index (χ0) is 17.8. The van der Waals surface area contributed by atoms with E-state index < -0.39 is 32.9 Å². The molecule has 0 aromatic heterocycles. The molecule has 2 saturated heterocycles. The molecule has 2 fully saturated rings. The Balaban J connectivity index is 2.08. The summed E-state index contributed by atoms with van der Waals surface area (Å²) in [6.45, 7) is 3.15. The molecule has 2 aliphatic rings. The van der Waals surface area contributed by atoms with Gasteiger partial charge in [-0.2, -0.15) is 4.31 Å². The van der Waals surface area contributed by atoms with E-state index in [1.165, 1.54) is 10.4 Å². The molecular formula is C15H18N2O6S. The number of aliphatic carboxylic acids is 1. The van der Waals surface area contributed by atoms with Gasteiger partial charge in [0.1, 0.15) is 0 Å². The van der Waals surface area contributed by atoms with Gasteiger partial charge >= 0.3 is 5.97 Å². The molecule has 0 saturated carbocycles. The van der Waals surface area contributed by atoms with Crippen LogP contribution in [-0.2, 0) is 14.8 Å². The van der Waals surface area contributed by atoms with Gasteiger partial charge in [-0.25, -0.2) is 8.42 Å². The fourth-order valence-electron chi connectivity index (χ4n) is 3.99. The van der Waals surface area contributed by atoms with E-state index >= 15 is 0 Å². The lowest BCUT2D eigenvalue weighted by Crippen LogP contribution is -2.38. The summed E-state index contributed by atoms with van der Waals surface area (Å²) < 4.78 is 27.4. The number of sulfonamides is 1. The van der Waals surface area contributed by atoms with E-state index in [0.717, 1.165) is 6.07 Å². The maximum absolute atomic E-state index is 13.1. The molecule has 3 unspecified atom stereocenters. The van der Waals surface area contributed by atoms with Crippen LogP contribution in [-0.4, -0.2) is 40.8 Å². The topological polar surface area (TPSA) is 118 Å². The molecular weight excluding hydrogens is 336 g/mol. The first-order valence-electron chi connectivity index (χ1n) is 7.66. The van der Waals surface area contributed by atoms with Gasteiger partial charge in [0, 0.05) is 23.7 Å². The molecule has 130 valence electrons. The Labute approximate surface area is 139 Å². The zero-order valence-electron chi connectivity index (χ0n) is 13.3. The van der Waals surface area contributed by atoms with E-state index in [4.69, 9.17) is 0 Å². The fourth-order valence-corrected chi connectivity index (χ4v) is 6.13. The van der Waals surface area contributed by atoms with Gasteiger partial charge < -0.3 is 5.11 Å². The smallest absolute Gasteiger partial charge is 0.308 e. The van der Waals surface area contributed by atoms with Crippen LogP contribution in [0.25, 0.3) is 0 Å². The lowest BCUT2D eigenvalue weighted by Gasteiger charge is -2.23.